The Hall–Kier alpha value is -2.20. The van der Waals surface area contributed by atoms with Crippen LogP contribution >= 0.6 is 11.6 Å². The molecule has 0 spiro atoms. The molecule has 0 fully saturated rings. The largest absolute Gasteiger partial charge is 0.399 e. The molecule has 102 valence electrons. The van der Waals surface area contributed by atoms with E-state index in [0.717, 1.165) is 18.7 Å². The number of hydrogen-bond donors (Lipinski definition) is 2. The molecule has 3 rings (SSSR count). The monoisotopic (exact) mass is 287 g/mol. The maximum Gasteiger partial charge on any atom is 0.250 e. The van der Waals surface area contributed by atoms with Gasteiger partial charge in [-0.05, 0) is 30.2 Å². The number of nitrogen functional groups attached to an aromatic ring is 1. The van der Waals surface area contributed by atoms with Gasteiger partial charge in [0.15, 0.2) is 0 Å². The van der Waals surface area contributed by atoms with Crippen LogP contribution in [0.25, 0.3) is 0 Å². The molecule has 1 amide bonds. The Kier molecular flexibility index (Phi) is 3.03. The van der Waals surface area contributed by atoms with Crippen molar-refractivity contribution in [2.24, 2.45) is 5.73 Å². The molecule has 0 saturated carbocycles. The highest BCUT2D eigenvalue weighted by Crippen LogP contribution is 2.41. The fourth-order valence-electron chi connectivity index (χ4n) is 2.65. The van der Waals surface area contributed by atoms with E-state index in [1.165, 1.54) is 5.56 Å². The van der Waals surface area contributed by atoms with Crippen LogP contribution in [-0.2, 0) is 6.42 Å². The number of carbonyl (C=O) groups is 1. The summed E-state index contributed by atoms with van der Waals surface area (Å²) in [5, 5.41) is 0.440. The van der Waals surface area contributed by atoms with Crippen molar-refractivity contribution >= 4 is 34.6 Å². The summed E-state index contributed by atoms with van der Waals surface area (Å²) >= 11 is 6.30. The lowest BCUT2D eigenvalue weighted by Gasteiger charge is -2.23. The zero-order chi connectivity index (χ0) is 14.3. The number of nitrogens with zero attached hydrogens (tertiary/aromatic N) is 1. The van der Waals surface area contributed by atoms with Crippen molar-refractivity contribution in [2.45, 2.75) is 6.42 Å². The van der Waals surface area contributed by atoms with Crippen molar-refractivity contribution < 1.29 is 4.79 Å². The van der Waals surface area contributed by atoms with Gasteiger partial charge in [0.25, 0.3) is 5.91 Å². The zero-order valence-electron chi connectivity index (χ0n) is 10.8. The molecule has 1 aliphatic rings. The topological polar surface area (TPSA) is 72.3 Å². The second kappa shape index (κ2) is 4.72. The van der Waals surface area contributed by atoms with Crippen LogP contribution in [-0.4, -0.2) is 12.5 Å². The minimum absolute atomic E-state index is 0.353. The normalized spacial score (nSPS) is 13.3. The van der Waals surface area contributed by atoms with Gasteiger partial charge in [0.2, 0.25) is 0 Å². The highest BCUT2D eigenvalue weighted by atomic mass is 35.5. The van der Waals surface area contributed by atoms with Gasteiger partial charge in [-0.2, -0.15) is 0 Å². The van der Waals surface area contributed by atoms with E-state index >= 15 is 0 Å². The number of para-hydroxylation sites is 1. The molecule has 2 aromatic carbocycles. The van der Waals surface area contributed by atoms with Gasteiger partial charge < -0.3 is 16.4 Å². The summed E-state index contributed by atoms with van der Waals surface area (Å²) in [6.45, 7) is 0.767. The molecule has 0 saturated heterocycles. The molecule has 1 heterocycles. The van der Waals surface area contributed by atoms with E-state index < -0.39 is 5.91 Å². The first-order valence-corrected chi connectivity index (χ1v) is 6.70. The van der Waals surface area contributed by atoms with Crippen LogP contribution in [0.3, 0.4) is 0 Å². The Balaban J connectivity index is 2.19. The molecular weight excluding hydrogens is 274 g/mol. The maximum atomic E-state index is 11.7. The van der Waals surface area contributed by atoms with Crippen LogP contribution < -0.4 is 16.4 Å². The van der Waals surface area contributed by atoms with E-state index in [1.54, 1.807) is 12.1 Å². The average Bonchev–Trinajstić information content (AvgIpc) is 2.81. The Labute approximate surface area is 121 Å². The van der Waals surface area contributed by atoms with Crippen LogP contribution in [0.5, 0.6) is 0 Å². The third-order valence-electron chi connectivity index (χ3n) is 3.51. The van der Waals surface area contributed by atoms with E-state index in [2.05, 4.69) is 6.07 Å². The number of benzene rings is 2. The van der Waals surface area contributed by atoms with Gasteiger partial charge in [0.05, 0.1) is 16.3 Å². The average molecular weight is 288 g/mol. The first-order valence-electron chi connectivity index (χ1n) is 6.32. The molecule has 4 N–H and O–H groups in total. The molecular formula is C15H14ClN3O. The summed E-state index contributed by atoms with van der Waals surface area (Å²) in [4.78, 5) is 13.7. The third-order valence-corrected chi connectivity index (χ3v) is 3.80. The summed E-state index contributed by atoms with van der Waals surface area (Å²) in [7, 11) is 0. The summed E-state index contributed by atoms with van der Waals surface area (Å²) in [5.41, 5.74) is 14.9. The smallest absolute Gasteiger partial charge is 0.250 e. The quantitative estimate of drug-likeness (QED) is 0.834. The molecule has 0 radical (unpaired) electrons. The third kappa shape index (κ3) is 1.98. The Morgan fingerprint density at radius 3 is 2.75 bits per heavy atom. The van der Waals surface area contributed by atoms with Crippen LogP contribution in [0.4, 0.5) is 17.1 Å². The van der Waals surface area contributed by atoms with Crippen molar-refractivity contribution in [1.29, 1.82) is 0 Å². The van der Waals surface area contributed by atoms with E-state index in [0.29, 0.717) is 22.0 Å². The summed E-state index contributed by atoms with van der Waals surface area (Å²) in [5.74, 6) is -0.529. The first-order chi connectivity index (χ1) is 9.58. The van der Waals surface area contributed by atoms with Crippen LogP contribution in [0.1, 0.15) is 15.9 Å². The van der Waals surface area contributed by atoms with Gasteiger partial charge >= 0.3 is 0 Å². The number of nitrogens with two attached hydrogens (primary N) is 2. The number of anilines is 3. The molecule has 1 aliphatic heterocycles. The predicted molar refractivity (Wildman–Crippen MR) is 81.5 cm³/mol. The molecule has 2 aromatic rings. The van der Waals surface area contributed by atoms with Crippen molar-refractivity contribution in [3.63, 3.8) is 0 Å². The number of amides is 1. The van der Waals surface area contributed by atoms with E-state index in [4.69, 9.17) is 23.1 Å². The fourth-order valence-corrected chi connectivity index (χ4v) is 2.98. The molecule has 20 heavy (non-hydrogen) atoms. The Morgan fingerprint density at radius 2 is 2.00 bits per heavy atom. The Morgan fingerprint density at radius 1 is 1.25 bits per heavy atom. The predicted octanol–water partition coefficient (Wildman–Crippen LogP) is 2.72. The van der Waals surface area contributed by atoms with Gasteiger partial charge in [0, 0.05) is 17.9 Å². The zero-order valence-corrected chi connectivity index (χ0v) is 11.5. The summed E-state index contributed by atoms with van der Waals surface area (Å²) in [6, 6.07) is 11.3. The molecule has 0 atom stereocenters. The van der Waals surface area contributed by atoms with Crippen LogP contribution in [0, 0.1) is 0 Å². The molecule has 0 aromatic heterocycles. The molecule has 0 aliphatic carbocycles. The second-order valence-electron chi connectivity index (χ2n) is 4.79. The lowest BCUT2D eigenvalue weighted by atomic mass is 10.1. The fraction of sp³-hybridized carbons (Fsp3) is 0.133. The van der Waals surface area contributed by atoms with E-state index in [1.807, 2.05) is 23.1 Å². The SMILES string of the molecule is NC(=O)c1cc(N)cc(Cl)c1N1CCc2ccccc21. The molecule has 5 heteroatoms. The lowest BCUT2D eigenvalue weighted by molar-refractivity contribution is 0.100. The van der Waals surface area contributed by atoms with Crippen molar-refractivity contribution in [3.05, 3.63) is 52.5 Å². The second-order valence-corrected chi connectivity index (χ2v) is 5.20. The summed E-state index contributed by atoms with van der Waals surface area (Å²) < 4.78 is 0. The molecule has 0 bridgehead atoms. The number of hydrogen-bond acceptors (Lipinski definition) is 3. The number of carbonyl (C=O) groups excluding carboxylic acids is 1. The van der Waals surface area contributed by atoms with Gasteiger partial charge in [0.1, 0.15) is 0 Å². The van der Waals surface area contributed by atoms with Gasteiger partial charge in [-0.3, -0.25) is 4.79 Å². The van der Waals surface area contributed by atoms with E-state index in [-0.39, 0.29) is 0 Å². The first kappa shape index (κ1) is 12.8. The minimum atomic E-state index is -0.529. The number of halogens is 1. The van der Waals surface area contributed by atoms with Gasteiger partial charge in [-0.15, -0.1) is 0 Å². The van der Waals surface area contributed by atoms with Crippen molar-refractivity contribution in [3.8, 4) is 0 Å². The van der Waals surface area contributed by atoms with Gasteiger partial charge in [-0.25, -0.2) is 0 Å². The summed E-state index contributed by atoms with van der Waals surface area (Å²) in [6.07, 6.45) is 0.912. The van der Waals surface area contributed by atoms with Crippen LogP contribution in [0.15, 0.2) is 36.4 Å². The highest BCUT2D eigenvalue weighted by Gasteiger charge is 2.25. The molecule has 0 unspecified atom stereocenters. The highest BCUT2D eigenvalue weighted by molar-refractivity contribution is 6.34. The maximum absolute atomic E-state index is 11.7. The van der Waals surface area contributed by atoms with Gasteiger partial charge in [-0.1, -0.05) is 29.8 Å². The van der Waals surface area contributed by atoms with Crippen LogP contribution in [0.2, 0.25) is 5.02 Å². The molecule has 4 nitrogen and oxygen atoms in total. The van der Waals surface area contributed by atoms with Crippen molar-refractivity contribution in [1.82, 2.24) is 0 Å². The Bertz CT molecular complexity index is 700. The lowest BCUT2D eigenvalue weighted by Crippen LogP contribution is -2.21. The minimum Gasteiger partial charge on any atom is -0.399 e. The number of fused-ring (bicyclic) bond motifs is 1. The van der Waals surface area contributed by atoms with Crippen molar-refractivity contribution in [2.75, 3.05) is 17.2 Å². The standard InChI is InChI=1S/C15H14ClN3O/c16-12-8-10(17)7-11(15(18)20)14(12)19-6-5-9-3-1-2-4-13(9)19/h1-4,7-8H,5-6,17H2,(H2,18,20). The number of primary amides is 1. The van der Waals surface area contributed by atoms with E-state index in [9.17, 15) is 4.79 Å². The number of rotatable bonds is 2.